The number of likely N-dealkylation sites (tertiary alicyclic amines) is 1. The van der Waals surface area contributed by atoms with Crippen LogP contribution in [0.5, 0.6) is 0 Å². The molecule has 2 amide bonds. The summed E-state index contributed by atoms with van der Waals surface area (Å²) in [4.78, 5) is 32.4. The number of rotatable bonds is 5. The van der Waals surface area contributed by atoms with Crippen molar-refractivity contribution < 1.29 is 18.0 Å². The quantitative estimate of drug-likeness (QED) is 0.737. The van der Waals surface area contributed by atoms with Gasteiger partial charge in [-0.25, -0.2) is 18.1 Å². The molecular weight excluding hydrogens is 394 g/mol. The van der Waals surface area contributed by atoms with Gasteiger partial charge in [-0.3, -0.25) is 9.59 Å². The van der Waals surface area contributed by atoms with Crippen molar-refractivity contribution in [2.45, 2.75) is 24.3 Å². The second kappa shape index (κ2) is 6.96. The minimum absolute atomic E-state index is 0.00728. The number of anilines is 1. The average Bonchev–Trinajstić information content (AvgIpc) is 3.31. The average molecular weight is 417 g/mol. The van der Waals surface area contributed by atoms with Crippen molar-refractivity contribution in [1.82, 2.24) is 19.2 Å². The van der Waals surface area contributed by atoms with Crippen LogP contribution >= 0.6 is 0 Å². The van der Waals surface area contributed by atoms with E-state index in [1.807, 2.05) is 35.9 Å². The Morgan fingerprint density at radius 3 is 2.83 bits per heavy atom. The van der Waals surface area contributed by atoms with Crippen molar-refractivity contribution in [2.75, 3.05) is 24.7 Å². The first kappa shape index (κ1) is 19.6. The Morgan fingerprint density at radius 1 is 1.38 bits per heavy atom. The van der Waals surface area contributed by atoms with Crippen LogP contribution in [0.2, 0.25) is 0 Å². The van der Waals surface area contributed by atoms with Crippen molar-refractivity contribution in [3.05, 3.63) is 48.0 Å². The lowest BCUT2D eigenvalue weighted by Crippen LogP contribution is -2.44. The van der Waals surface area contributed by atoms with Gasteiger partial charge in [-0.05, 0) is 18.1 Å². The normalized spacial score (nSPS) is 23.4. The van der Waals surface area contributed by atoms with Crippen molar-refractivity contribution >= 4 is 27.5 Å². The lowest BCUT2D eigenvalue weighted by Gasteiger charge is -2.33. The maximum Gasteiger partial charge on any atom is 0.237 e. The fourth-order valence-corrected chi connectivity index (χ4v) is 4.91. The molecule has 1 aromatic heterocycles. The Morgan fingerprint density at radius 2 is 2.14 bits per heavy atom. The van der Waals surface area contributed by atoms with E-state index in [1.165, 1.54) is 0 Å². The van der Waals surface area contributed by atoms with Crippen molar-refractivity contribution in [3.63, 3.8) is 0 Å². The molecule has 3 heterocycles. The van der Waals surface area contributed by atoms with E-state index in [1.54, 1.807) is 17.3 Å². The second-order valence-electron chi connectivity index (χ2n) is 7.52. The molecule has 154 valence electrons. The number of sulfonamides is 1. The van der Waals surface area contributed by atoms with Gasteiger partial charge in [0.1, 0.15) is 17.3 Å². The maximum atomic E-state index is 13.2. The monoisotopic (exact) mass is 417 g/mol. The summed E-state index contributed by atoms with van der Waals surface area (Å²) in [6.45, 7) is 0.397. The van der Waals surface area contributed by atoms with E-state index in [9.17, 15) is 18.0 Å². The largest absolute Gasteiger partial charge is 0.336 e. The summed E-state index contributed by atoms with van der Waals surface area (Å²) in [7, 11) is -1.54. The van der Waals surface area contributed by atoms with E-state index in [0.717, 1.165) is 17.5 Å². The fourth-order valence-electron chi connectivity index (χ4n) is 4.44. The van der Waals surface area contributed by atoms with E-state index in [2.05, 4.69) is 15.0 Å². The number of fused-ring (bicyclic) bond motifs is 2. The summed E-state index contributed by atoms with van der Waals surface area (Å²) in [6.07, 6.45) is 4.97. The highest BCUT2D eigenvalue weighted by atomic mass is 32.2. The van der Waals surface area contributed by atoms with Gasteiger partial charge in [0.05, 0.1) is 6.26 Å². The number of para-hydroxylation sites is 1. The zero-order valence-corrected chi connectivity index (χ0v) is 17.1. The Balaban J connectivity index is 1.73. The molecule has 0 radical (unpaired) electrons. The number of aromatic nitrogens is 2. The molecule has 0 unspecified atom stereocenters. The van der Waals surface area contributed by atoms with Crippen LogP contribution in [0.1, 0.15) is 30.3 Å². The topological polar surface area (TPSA) is 113 Å². The number of carbonyl (C=O) groups is 2. The molecule has 29 heavy (non-hydrogen) atoms. The van der Waals surface area contributed by atoms with E-state index >= 15 is 0 Å². The lowest BCUT2D eigenvalue weighted by atomic mass is 9.74. The summed E-state index contributed by atoms with van der Waals surface area (Å²) < 4.78 is 26.8. The minimum atomic E-state index is -3.38. The second-order valence-corrected chi connectivity index (χ2v) is 9.36. The van der Waals surface area contributed by atoms with Gasteiger partial charge in [0.2, 0.25) is 21.8 Å². The van der Waals surface area contributed by atoms with E-state index in [4.69, 9.17) is 0 Å². The Bertz CT molecular complexity index is 1080. The zero-order valence-electron chi connectivity index (χ0n) is 16.3. The summed E-state index contributed by atoms with van der Waals surface area (Å²) in [6, 6.07) is 6.96. The molecule has 1 spiro atoms. The number of carbonyl (C=O) groups excluding carboxylic acids is 2. The number of imidazole rings is 1. The van der Waals surface area contributed by atoms with Crippen LogP contribution in [0.15, 0.2) is 36.7 Å². The number of nitrogens with one attached hydrogen (secondary N) is 2. The number of hydrogen-bond donors (Lipinski definition) is 2. The highest BCUT2D eigenvalue weighted by molar-refractivity contribution is 7.88. The van der Waals surface area contributed by atoms with Gasteiger partial charge < -0.3 is 14.8 Å². The smallest absolute Gasteiger partial charge is 0.237 e. The predicted octanol–water partition coefficient (Wildman–Crippen LogP) is 0.523. The lowest BCUT2D eigenvalue weighted by molar-refractivity contribution is -0.133. The highest BCUT2D eigenvalue weighted by Crippen LogP contribution is 2.54. The minimum Gasteiger partial charge on any atom is -0.336 e. The molecule has 2 N–H and O–H groups in total. The van der Waals surface area contributed by atoms with Crippen LogP contribution < -0.4 is 10.0 Å². The molecule has 4 rings (SSSR count). The SMILES string of the molecule is Cn1ccnc1[C@@H]1N(C(=O)CCNS(C)(=O)=O)CC[C@]12C(=O)Nc1ccccc12. The molecule has 0 bridgehead atoms. The number of aryl methyl sites for hydroxylation is 1. The van der Waals surface area contributed by atoms with Gasteiger partial charge >= 0.3 is 0 Å². The predicted molar refractivity (Wildman–Crippen MR) is 106 cm³/mol. The van der Waals surface area contributed by atoms with Gasteiger partial charge in [-0.1, -0.05) is 18.2 Å². The van der Waals surface area contributed by atoms with E-state index in [0.29, 0.717) is 18.8 Å². The molecule has 2 aliphatic heterocycles. The molecule has 2 aliphatic rings. The third-order valence-corrected chi connectivity index (χ3v) is 6.44. The molecule has 10 heteroatoms. The summed E-state index contributed by atoms with van der Waals surface area (Å²) in [5.74, 6) is 0.262. The van der Waals surface area contributed by atoms with Crippen molar-refractivity contribution in [2.24, 2.45) is 7.05 Å². The number of nitrogens with zero attached hydrogens (tertiary/aromatic N) is 3. The molecule has 2 atom stereocenters. The first-order valence-electron chi connectivity index (χ1n) is 9.36. The highest BCUT2D eigenvalue weighted by Gasteiger charge is 2.60. The molecule has 2 aromatic rings. The Kier molecular flexibility index (Phi) is 4.70. The van der Waals surface area contributed by atoms with Gasteiger partial charge in [-0.2, -0.15) is 0 Å². The number of hydrogen-bond acceptors (Lipinski definition) is 5. The zero-order chi connectivity index (χ0) is 20.8. The first-order valence-corrected chi connectivity index (χ1v) is 11.3. The summed E-state index contributed by atoms with van der Waals surface area (Å²) >= 11 is 0. The summed E-state index contributed by atoms with van der Waals surface area (Å²) in [5, 5.41) is 2.96. The van der Waals surface area contributed by atoms with Gasteiger partial charge in [0.15, 0.2) is 0 Å². The van der Waals surface area contributed by atoms with Crippen molar-refractivity contribution in [3.8, 4) is 0 Å². The maximum absolute atomic E-state index is 13.2. The van der Waals surface area contributed by atoms with E-state index < -0.39 is 21.5 Å². The van der Waals surface area contributed by atoms with Crippen LogP contribution in [-0.4, -0.2) is 54.0 Å². The van der Waals surface area contributed by atoms with Gasteiger partial charge in [-0.15, -0.1) is 0 Å². The third-order valence-electron chi connectivity index (χ3n) is 5.71. The molecule has 0 saturated carbocycles. The van der Waals surface area contributed by atoms with Crippen LogP contribution in [0, 0.1) is 0 Å². The van der Waals surface area contributed by atoms with Crippen LogP contribution in [-0.2, 0) is 32.1 Å². The number of amides is 2. The van der Waals surface area contributed by atoms with Crippen LogP contribution in [0.3, 0.4) is 0 Å². The molecule has 1 fully saturated rings. The van der Waals surface area contributed by atoms with E-state index in [-0.39, 0.29) is 24.8 Å². The standard InChI is InChI=1S/C19H23N5O4S/c1-23-12-10-20-17(23)16-19(13-5-3-4-6-14(13)22-18(19)26)8-11-24(16)15(25)7-9-21-29(2,27)28/h3-6,10,12,16,21H,7-9,11H2,1-2H3,(H,22,26)/t16-,19+/m0/s1. The number of benzene rings is 1. The van der Waals surface area contributed by atoms with Crippen LogP contribution in [0.4, 0.5) is 5.69 Å². The molecule has 0 aliphatic carbocycles. The molecule has 1 saturated heterocycles. The Labute approximate surface area is 169 Å². The molecule has 1 aromatic carbocycles. The van der Waals surface area contributed by atoms with Crippen molar-refractivity contribution in [1.29, 1.82) is 0 Å². The van der Waals surface area contributed by atoms with Crippen LogP contribution in [0.25, 0.3) is 0 Å². The first-order chi connectivity index (χ1) is 13.7. The third kappa shape index (κ3) is 3.22. The Hall–Kier alpha value is -2.72. The molecule has 9 nitrogen and oxygen atoms in total. The fraction of sp³-hybridized carbons (Fsp3) is 0.421. The van der Waals surface area contributed by atoms with Gasteiger partial charge in [0, 0.05) is 44.6 Å². The van der Waals surface area contributed by atoms with Gasteiger partial charge in [0.25, 0.3) is 0 Å². The molecular formula is C19H23N5O4S. The summed E-state index contributed by atoms with van der Waals surface area (Å²) in [5.41, 5.74) is 0.697.